The Morgan fingerprint density at radius 3 is 2.97 bits per heavy atom. The van der Waals surface area contributed by atoms with Gasteiger partial charge < -0.3 is 10.6 Å². The van der Waals surface area contributed by atoms with Crippen molar-refractivity contribution in [3.8, 4) is 0 Å². The number of amidine groups is 2. The van der Waals surface area contributed by atoms with E-state index in [1.165, 1.54) is 11.5 Å². The molecule has 10 heteroatoms. The Labute approximate surface area is 184 Å². The molecule has 0 saturated carbocycles. The van der Waals surface area contributed by atoms with Crippen molar-refractivity contribution in [2.24, 2.45) is 23.0 Å². The Bertz CT molecular complexity index is 1090. The lowest BCUT2D eigenvalue weighted by molar-refractivity contribution is 0.407. The van der Waals surface area contributed by atoms with Gasteiger partial charge in [-0.25, -0.2) is 4.99 Å². The number of hydrogen-bond acceptors (Lipinski definition) is 7. The maximum absolute atomic E-state index is 7.02. The first-order chi connectivity index (χ1) is 14.6. The normalized spacial score (nSPS) is 23.2. The predicted octanol–water partition coefficient (Wildman–Crippen LogP) is 2.98. The second-order valence-corrected chi connectivity index (χ2v) is 8.77. The van der Waals surface area contributed by atoms with E-state index in [0.29, 0.717) is 23.5 Å². The molecule has 30 heavy (non-hydrogen) atoms. The minimum Gasteiger partial charge on any atom is -0.338 e. The number of nitrogens with one attached hydrogen (secondary N) is 2. The number of nitrogens with zero attached hydrogens (tertiary/aromatic N) is 6. The quantitative estimate of drug-likeness (QED) is 0.714. The summed E-state index contributed by atoms with van der Waals surface area (Å²) >= 11 is 8.40. The van der Waals surface area contributed by atoms with Crippen molar-refractivity contribution in [1.82, 2.24) is 29.7 Å². The van der Waals surface area contributed by atoms with Crippen molar-refractivity contribution < 1.29 is 0 Å². The number of aromatic nitrogens is 3. The zero-order valence-corrected chi connectivity index (χ0v) is 18.5. The van der Waals surface area contributed by atoms with Gasteiger partial charge in [0.15, 0.2) is 11.7 Å². The summed E-state index contributed by atoms with van der Waals surface area (Å²) in [6.45, 7) is 4.46. The molecule has 2 aromatic rings. The molecule has 1 fully saturated rings. The van der Waals surface area contributed by atoms with E-state index in [2.05, 4.69) is 26.2 Å². The fourth-order valence-corrected chi connectivity index (χ4v) is 5.01. The van der Waals surface area contributed by atoms with E-state index in [1.807, 2.05) is 37.3 Å². The number of rotatable bonds is 3. The lowest BCUT2D eigenvalue weighted by Crippen LogP contribution is -2.50. The molecule has 5 rings (SSSR count). The number of hydrogen-bond donors (Lipinski definition) is 2. The van der Waals surface area contributed by atoms with Gasteiger partial charge in [-0.15, -0.1) is 0 Å². The molecule has 5 heterocycles. The average molecular weight is 443 g/mol. The van der Waals surface area contributed by atoms with E-state index in [1.54, 1.807) is 4.68 Å². The van der Waals surface area contributed by atoms with Crippen molar-refractivity contribution in [2.75, 3.05) is 19.6 Å². The van der Waals surface area contributed by atoms with Gasteiger partial charge in [0.05, 0.1) is 29.8 Å². The summed E-state index contributed by atoms with van der Waals surface area (Å²) in [5.41, 5.74) is 3.92. The van der Waals surface area contributed by atoms with Gasteiger partial charge >= 0.3 is 0 Å². The minimum absolute atomic E-state index is 0.290. The predicted molar refractivity (Wildman–Crippen MR) is 121 cm³/mol. The van der Waals surface area contributed by atoms with Crippen molar-refractivity contribution in [3.63, 3.8) is 0 Å². The van der Waals surface area contributed by atoms with Gasteiger partial charge in [-0.2, -0.15) is 9.47 Å². The molecule has 0 aromatic carbocycles. The largest absolute Gasteiger partial charge is 0.338 e. The first-order valence-electron chi connectivity index (χ1n) is 10.0. The van der Waals surface area contributed by atoms with Gasteiger partial charge in [0.1, 0.15) is 10.2 Å². The van der Waals surface area contributed by atoms with Gasteiger partial charge in [-0.1, -0.05) is 11.6 Å². The average Bonchev–Trinajstić information content (AvgIpc) is 3.38. The van der Waals surface area contributed by atoms with Crippen LogP contribution in [-0.4, -0.2) is 50.4 Å². The SMILES string of the molecule is Cc1cc(/N=C2/NC(C3CCCNC3)=C(Cl)N3C(c4cnn(C)c4)=CCN=C23)sn1. The number of aliphatic imine (C=N–C) groups is 2. The number of piperidine rings is 1. The monoisotopic (exact) mass is 442 g/mol. The maximum Gasteiger partial charge on any atom is 0.177 e. The molecule has 2 N–H and O–H groups in total. The molecule has 1 atom stereocenters. The molecular weight excluding hydrogens is 420 g/mol. The Morgan fingerprint density at radius 1 is 1.37 bits per heavy atom. The highest BCUT2D eigenvalue weighted by Crippen LogP contribution is 2.36. The van der Waals surface area contributed by atoms with Crippen LogP contribution in [0.3, 0.4) is 0 Å². The molecule has 3 aliphatic heterocycles. The molecule has 0 aliphatic carbocycles. The van der Waals surface area contributed by atoms with Crippen molar-refractivity contribution in [3.05, 3.63) is 46.6 Å². The molecule has 0 radical (unpaired) electrons. The molecule has 1 saturated heterocycles. The Morgan fingerprint density at radius 2 is 2.27 bits per heavy atom. The van der Waals surface area contributed by atoms with Crippen LogP contribution in [0.25, 0.3) is 5.70 Å². The Hall–Kier alpha value is -2.49. The summed E-state index contributed by atoms with van der Waals surface area (Å²) in [6, 6.07) is 1.98. The maximum atomic E-state index is 7.02. The van der Waals surface area contributed by atoms with Gasteiger partial charge in [0, 0.05) is 31.3 Å². The summed E-state index contributed by atoms with van der Waals surface area (Å²) in [4.78, 5) is 11.6. The van der Waals surface area contributed by atoms with Crippen LogP contribution in [0.1, 0.15) is 24.1 Å². The molecule has 0 amide bonds. The van der Waals surface area contributed by atoms with Crippen LogP contribution in [-0.2, 0) is 7.05 Å². The molecule has 8 nitrogen and oxygen atoms in total. The van der Waals surface area contributed by atoms with Gasteiger partial charge in [0.25, 0.3) is 0 Å². The topological polar surface area (TPSA) is 82.7 Å². The minimum atomic E-state index is 0.290. The van der Waals surface area contributed by atoms with E-state index in [9.17, 15) is 0 Å². The molecule has 0 spiro atoms. The smallest absolute Gasteiger partial charge is 0.177 e. The molecule has 156 valence electrons. The van der Waals surface area contributed by atoms with E-state index in [-0.39, 0.29) is 0 Å². The molecule has 3 aliphatic rings. The highest BCUT2D eigenvalue weighted by atomic mass is 35.5. The van der Waals surface area contributed by atoms with Crippen LogP contribution < -0.4 is 10.6 Å². The van der Waals surface area contributed by atoms with E-state index >= 15 is 0 Å². The van der Waals surface area contributed by atoms with E-state index in [0.717, 1.165) is 59.4 Å². The summed E-state index contributed by atoms with van der Waals surface area (Å²) in [5, 5.41) is 12.8. The second-order valence-electron chi connectivity index (χ2n) is 7.63. The van der Waals surface area contributed by atoms with Crippen molar-refractivity contribution in [1.29, 1.82) is 0 Å². The van der Waals surface area contributed by atoms with Crippen LogP contribution in [0, 0.1) is 12.8 Å². The van der Waals surface area contributed by atoms with Crippen molar-refractivity contribution >= 4 is 45.5 Å². The van der Waals surface area contributed by atoms with Crippen LogP contribution in [0.5, 0.6) is 0 Å². The van der Waals surface area contributed by atoms with Gasteiger partial charge in [-0.05, 0) is 50.0 Å². The third-order valence-corrected chi connectivity index (χ3v) is 6.55. The van der Waals surface area contributed by atoms with E-state index in [4.69, 9.17) is 21.6 Å². The van der Waals surface area contributed by atoms with Gasteiger partial charge in [0.2, 0.25) is 0 Å². The summed E-state index contributed by atoms with van der Waals surface area (Å²) < 4.78 is 6.15. The zero-order valence-electron chi connectivity index (χ0n) is 16.9. The van der Waals surface area contributed by atoms with Crippen LogP contribution in [0.2, 0.25) is 0 Å². The summed E-state index contributed by atoms with van der Waals surface area (Å²) in [7, 11) is 1.91. The number of fused-ring (bicyclic) bond motifs is 1. The molecular formula is C20H23ClN8S. The zero-order chi connectivity index (χ0) is 20.7. The fraction of sp³-hybridized carbons (Fsp3) is 0.400. The molecule has 1 unspecified atom stereocenters. The molecule has 2 aromatic heterocycles. The van der Waals surface area contributed by atoms with E-state index < -0.39 is 0 Å². The lowest BCUT2D eigenvalue weighted by Gasteiger charge is -2.39. The highest BCUT2D eigenvalue weighted by Gasteiger charge is 2.36. The highest BCUT2D eigenvalue weighted by molar-refractivity contribution is 7.10. The number of halogens is 1. The van der Waals surface area contributed by atoms with Crippen LogP contribution in [0.15, 0.2) is 45.4 Å². The Kier molecular flexibility index (Phi) is 5.18. The summed E-state index contributed by atoms with van der Waals surface area (Å²) in [6.07, 6.45) is 8.12. The van der Waals surface area contributed by atoms with Gasteiger partial charge in [-0.3, -0.25) is 14.6 Å². The number of aryl methyl sites for hydroxylation is 2. The van der Waals surface area contributed by atoms with Crippen molar-refractivity contribution in [2.45, 2.75) is 19.8 Å². The third kappa shape index (κ3) is 3.57. The molecule has 0 bridgehead atoms. The second kappa shape index (κ2) is 7.98. The van der Waals surface area contributed by atoms with Crippen LogP contribution in [0.4, 0.5) is 5.00 Å². The standard InChI is InChI=1S/C20H23ClN8S/c1-12-8-16(30-27-12)25-19-20-23-7-5-15(14-10-24-28(2)11-14)29(20)18(21)17(26-19)13-4-3-6-22-9-13/h5,8,10-11,13,22H,3-4,6-7,9H2,1-2H3,(H,25,26). The summed E-state index contributed by atoms with van der Waals surface area (Å²) in [5.74, 6) is 1.72. The first-order valence-corrected chi connectivity index (χ1v) is 11.2. The third-order valence-electron chi connectivity index (χ3n) is 5.41. The Balaban J connectivity index is 1.61. The lowest BCUT2D eigenvalue weighted by atomic mass is 9.95. The van der Waals surface area contributed by atoms with Crippen LogP contribution >= 0.6 is 23.1 Å². The fourth-order valence-electron chi connectivity index (χ4n) is 3.99. The first kappa shape index (κ1) is 19.5.